The summed E-state index contributed by atoms with van der Waals surface area (Å²) in [5, 5.41) is 0. The van der Waals surface area contributed by atoms with Crippen molar-refractivity contribution in [2.45, 2.75) is 25.7 Å². The third-order valence-corrected chi connectivity index (χ3v) is 3.49. The zero-order valence-electron chi connectivity index (χ0n) is 8.04. The lowest BCUT2D eigenvalue weighted by molar-refractivity contribution is -0.141. The summed E-state index contributed by atoms with van der Waals surface area (Å²) in [6.45, 7) is 1.75. The first-order valence-electron chi connectivity index (χ1n) is 4.91. The molecule has 0 amide bonds. The van der Waals surface area contributed by atoms with E-state index in [1.165, 1.54) is 13.5 Å². The van der Waals surface area contributed by atoms with Gasteiger partial charge in [-0.3, -0.25) is 4.79 Å². The van der Waals surface area contributed by atoms with Crippen LogP contribution in [0.15, 0.2) is 0 Å². The maximum Gasteiger partial charge on any atom is 0.305 e. The quantitative estimate of drug-likeness (QED) is 0.608. The van der Waals surface area contributed by atoms with Crippen molar-refractivity contribution in [3.8, 4) is 0 Å². The second-order valence-electron chi connectivity index (χ2n) is 4.16. The smallest absolute Gasteiger partial charge is 0.305 e. The average Bonchev–Trinajstić information content (AvgIpc) is 2.79. The fourth-order valence-corrected chi connectivity index (χ4v) is 2.40. The van der Waals surface area contributed by atoms with E-state index < -0.39 is 0 Å². The highest BCUT2D eigenvalue weighted by atomic mass is 16.5. The molecule has 1 aliphatic heterocycles. The number of hydrogen-bond donors (Lipinski definition) is 0. The number of ether oxygens (including phenoxy) is 2. The van der Waals surface area contributed by atoms with Gasteiger partial charge < -0.3 is 9.47 Å². The molecule has 2 fully saturated rings. The Morgan fingerprint density at radius 2 is 2.23 bits per heavy atom. The Hall–Kier alpha value is -0.570. The van der Waals surface area contributed by atoms with Gasteiger partial charge in [0.15, 0.2) is 0 Å². The van der Waals surface area contributed by atoms with E-state index in [1.54, 1.807) is 0 Å². The van der Waals surface area contributed by atoms with Gasteiger partial charge >= 0.3 is 5.97 Å². The van der Waals surface area contributed by atoms with Gasteiger partial charge in [0.05, 0.1) is 7.11 Å². The molecule has 0 aromatic rings. The van der Waals surface area contributed by atoms with Crippen LogP contribution in [-0.4, -0.2) is 26.3 Å². The van der Waals surface area contributed by atoms with Crippen LogP contribution in [0.4, 0.5) is 0 Å². The molecule has 1 saturated heterocycles. The molecule has 1 heterocycles. The Morgan fingerprint density at radius 1 is 1.54 bits per heavy atom. The minimum atomic E-state index is -0.0617. The molecule has 0 aromatic carbocycles. The molecule has 1 atom stereocenters. The van der Waals surface area contributed by atoms with E-state index in [4.69, 9.17) is 4.74 Å². The van der Waals surface area contributed by atoms with Crippen LogP contribution in [0.5, 0.6) is 0 Å². The highest BCUT2D eigenvalue weighted by molar-refractivity contribution is 5.70. The van der Waals surface area contributed by atoms with Crippen molar-refractivity contribution in [2.24, 2.45) is 11.3 Å². The van der Waals surface area contributed by atoms with Crippen LogP contribution in [0.2, 0.25) is 0 Å². The molecule has 0 N–H and O–H groups in total. The van der Waals surface area contributed by atoms with Crippen LogP contribution < -0.4 is 0 Å². The standard InChI is InChI=1S/C10H16O3/c1-12-9(11)6-8-7-10(8)2-4-13-5-3-10/h8H,2-7H2,1H3. The molecule has 74 valence electrons. The monoisotopic (exact) mass is 184 g/mol. The average molecular weight is 184 g/mol. The van der Waals surface area contributed by atoms with Gasteiger partial charge in [0.25, 0.3) is 0 Å². The first-order valence-corrected chi connectivity index (χ1v) is 4.91. The molecule has 3 heteroatoms. The van der Waals surface area contributed by atoms with Crippen LogP contribution >= 0.6 is 0 Å². The molecular formula is C10H16O3. The first-order chi connectivity index (χ1) is 6.27. The predicted molar refractivity (Wildman–Crippen MR) is 47.2 cm³/mol. The molecule has 1 unspecified atom stereocenters. The zero-order valence-corrected chi connectivity index (χ0v) is 8.04. The SMILES string of the molecule is COC(=O)CC1CC12CCOCC2. The second-order valence-corrected chi connectivity index (χ2v) is 4.16. The number of carbonyl (C=O) groups is 1. The summed E-state index contributed by atoms with van der Waals surface area (Å²) >= 11 is 0. The van der Waals surface area contributed by atoms with Gasteiger partial charge in [-0.25, -0.2) is 0 Å². The summed E-state index contributed by atoms with van der Waals surface area (Å²) in [5.74, 6) is 0.511. The van der Waals surface area contributed by atoms with Gasteiger partial charge in [-0.1, -0.05) is 0 Å². The topological polar surface area (TPSA) is 35.5 Å². The highest BCUT2D eigenvalue weighted by Gasteiger charge is 2.54. The maximum atomic E-state index is 11.0. The third kappa shape index (κ3) is 1.70. The van der Waals surface area contributed by atoms with E-state index >= 15 is 0 Å². The van der Waals surface area contributed by atoms with Crippen LogP contribution in [0, 0.1) is 11.3 Å². The summed E-state index contributed by atoms with van der Waals surface area (Å²) in [6.07, 6.45) is 4.07. The van der Waals surface area contributed by atoms with Gasteiger partial charge in [0, 0.05) is 19.6 Å². The lowest BCUT2D eigenvalue weighted by Crippen LogP contribution is -2.19. The van der Waals surface area contributed by atoms with Gasteiger partial charge in [-0.15, -0.1) is 0 Å². The molecule has 1 saturated carbocycles. The van der Waals surface area contributed by atoms with E-state index in [-0.39, 0.29) is 5.97 Å². The minimum Gasteiger partial charge on any atom is -0.469 e. The van der Waals surface area contributed by atoms with Crippen molar-refractivity contribution in [1.82, 2.24) is 0 Å². The largest absolute Gasteiger partial charge is 0.469 e. The summed E-state index contributed by atoms with van der Waals surface area (Å²) < 4.78 is 9.97. The maximum absolute atomic E-state index is 11.0. The van der Waals surface area contributed by atoms with Crippen LogP contribution in [0.3, 0.4) is 0 Å². The lowest BCUT2D eigenvalue weighted by Gasteiger charge is -2.22. The molecule has 1 spiro atoms. The summed E-state index contributed by atoms with van der Waals surface area (Å²) in [6, 6.07) is 0. The Morgan fingerprint density at radius 3 is 2.85 bits per heavy atom. The fourth-order valence-electron chi connectivity index (χ4n) is 2.40. The third-order valence-electron chi connectivity index (χ3n) is 3.49. The van der Waals surface area contributed by atoms with Crippen LogP contribution in [-0.2, 0) is 14.3 Å². The molecule has 1 aliphatic carbocycles. The van der Waals surface area contributed by atoms with Crippen LogP contribution in [0.1, 0.15) is 25.7 Å². The second kappa shape index (κ2) is 3.29. The number of rotatable bonds is 2. The van der Waals surface area contributed by atoms with Crippen molar-refractivity contribution < 1.29 is 14.3 Å². The normalized spacial score (nSPS) is 30.1. The van der Waals surface area contributed by atoms with E-state index in [0.717, 1.165) is 26.1 Å². The predicted octanol–water partition coefficient (Wildman–Crippen LogP) is 1.37. The highest BCUT2D eigenvalue weighted by Crippen LogP contribution is 2.60. The van der Waals surface area contributed by atoms with Gasteiger partial charge in [-0.05, 0) is 30.6 Å². The number of carbonyl (C=O) groups excluding carboxylic acids is 1. The summed E-state index contributed by atoms with van der Waals surface area (Å²) in [4.78, 5) is 11.0. The van der Waals surface area contributed by atoms with E-state index in [0.29, 0.717) is 17.8 Å². The van der Waals surface area contributed by atoms with Crippen molar-refractivity contribution in [3.05, 3.63) is 0 Å². The summed E-state index contributed by atoms with van der Waals surface area (Å²) in [5.41, 5.74) is 0.451. The molecular weight excluding hydrogens is 168 g/mol. The molecule has 0 radical (unpaired) electrons. The van der Waals surface area contributed by atoms with E-state index in [9.17, 15) is 4.79 Å². The lowest BCUT2D eigenvalue weighted by atomic mass is 9.93. The molecule has 13 heavy (non-hydrogen) atoms. The van der Waals surface area contributed by atoms with Crippen molar-refractivity contribution >= 4 is 5.97 Å². The van der Waals surface area contributed by atoms with E-state index in [2.05, 4.69) is 4.74 Å². The Bertz CT molecular complexity index is 206. The Balaban J connectivity index is 1.82. The molecule has 0 aromatic heterocycles. The van der Waals surface area contributed by atoms with Gasteiger partial charge in [-0.2, -0.15) is 0 Å². The fraction of sp³-hybridized carbons (Fsp3) is 0.900. The van der Waals surface area contributed by atoms with Crippen molar-refractivity contribution in [2.75, 3.05) is 20.3 Å². The molecule has 2 aliphatic rings. The number of methoxy groups -OCH3 is 1. The molecule has 2 rings (SSSR count). The summed E-state index contributed by atoms with van der Waals surface area (Å²) in [7, 11) is 1.46. The zero-order chi connectivity index (χ0) is 9.31. The molecule has 3 nitrogen and oxygen atoms in total. The molecule has 0 bridgehead atoms. The number of esters is 1. The van der Waals surface area contributed by atoms with E-state index in [1.807, 2.05) is 0 Å². The van der Waals surface area contributed by atoms with Crippen molar-refractivity contribution in [3.63, 3.8) is 0 Å². The number of hydrogen-bond acceptors (Lipinski definition) is 3. The van der Waals surface area contributed by atoms with Crippen molar-refractivity contribution in [1.29, 1.82) is 0 Å². The van der Waals surface area contributed by atoms with Gasteiger partial charge in [0.2, 0.25) is 0 Å². The van der Waals surface area contributed by atoms with Gasteiger partial charge in [0.1, 0.15) is 0 Å². The Kier molecular flexibility index (Phi) is 2.28. The minimum absolute atomic E-state index is 0.0617. The first kappa shape index (κ1) is 9.00. The Labute approximate surface area is 78.4 Å². The van der Waals surface area contributed by atoms with Crippen LogP contribution in [0.25, 0.3) is 0 Å².